The normalized spacial score (nSPS) is 13.7. The van der Waals surface area contributed by atoms with E-state index in [1.165, 1.54) is 23.5 Å². The summed E-state index contributed by atoms with van der Waals surface area (Å²) in [7, 11) is 0. The molecule has 0 spiro atoms. The molecule has 138 valence electrons. The summed E-state index contributed by atoms with van der Waals surface area (Å²) in [4.78, 5) is 23.5. The molecule has 1 aromatic carbocycles. The molecule has 1 aliphatic rings. The van der Waals surface area contributed by atoms with Crippen LogP contribution >= 0.6 is 11.3 Å². The van der Waals surface area contributed by atoms with Crippen molar-refractivity contribution in [3.05, 3.63) is 65.0 Å². The molecule has 1 aliphatic heterocycles. The van der Waals surface area contributed by atoms with Gasteiger partial charge in [-0.15, -0.1) is 11.3 Å². The highest BCUT2D eigenvalue weighted by Crippen LogP contribution is 2.25. The van der Waals surface area contributed by atoms with Crippen molar-refractivity contribution in [2.45, 2.75) is 19.4 Å². The first-order chi connectivity index (χ1) is 13.2. The van der Waals surface area contributed by atoms with Crippen LogP contribution in [0.3, 0.4) is 0 Å². The number of benzene rings is 1. The van der Waals surface area contributed by atoms with Crippen molar-refractivity contribution >= 4 is 23.1 Å². The third-order valence-electron chi connectivity index (χ3n) is 4.41. The first-order valence-corrected chi connectivity index (χ1v) is 9.66. The van der Waals surface area contributed by atoms with Crippen LogP contribution in [0.1, 0.15) is 28.9 Å². The van der Waals surface area contributed by atoms with Gasteiger partial charge in [0.05, 0.1) is 5.69 Å². The number of pyridine rings is 1. The Hall–Kier alpha value is -2.80. The lowest BCUT2D eigenvalue weighted by Crippen LogP contribution is -2.22. The van der Waals surface area contributed by atoms with Gasteiger partial charge in [0.1, 0.15) is 28.8 Å². The molecule has 0 atom stereocenters. The molecule has 0 unspecified atom stereocenters. The number of anilines is 1. The van der Waals surface area contributed by atoms with Crippen molar-refractivity contribution < 1.29 is 13.9 Å². The zero-order valence-corrected chi connectivity index (χ0v) is 15.4. The lowest BCUT2D eigenvalue weighted by atomic mass is 10.2. The average Bonchev–Trinajstić information content (AvgIpc) is 3.39. The van der Waals surface area contributed by atoms with Crippen molar-refractivity contribution in [2.24, 2.45) is 0 Å². The Balaban J connectivity index is 1.44. The molecule has 0 saturated carbocycles. The van der Waals surface area contributed by atoms with E-state index in [9.17, 15) is 9.18 Å². The second-order valence-electron chi connectivity index (χ2n) is 6.30. The van der Waals surface area contributed by atoms with Crippen LogP contribution in [0, 0.1) is 5.82 Å². The minimum Gasteiger partial charge on any atom is -0.455 e. The number of hydrogen-bond donors (Lipinski definition) is 0. The van der Waals surface area contributed by atoms with E-state index in [0.29, 0.717) is 17.1 Å². The summed E-state index contributed by atoms with van der Waals surface area (Å²) in [5, 5.41) is 2.61. The Morgan fingerprint density at radius 3 is 2.74 bits per heavy atom. The van der Waals surface area contributed by atoms with Crippen LogP contribution in [0.4, 0.5) is 10.2 Å². The Morgan fingerprint density at radius 1 is 1.19 bits per heavy atom. The lowest BCUT2D eigenvalue weighted by Gasteiger charge is -2.18. The molecular formula is C20H18FN3O2S. The summed E-state index contributed by atoms with van der Waals surface area (Å²) in [6.07, 6.45) is 3.91. The Morgan fingerprint density at radius 2 is 1.96 bits per heavy atom. The standard InChI is InChI=1S/C20H18FN3O2S/c21-15-7-5-14(6-8-15)19-23-16(13-27-19)12-26-20(25)17-4-3-9-22-18(17)24-10-1-2-11-24/h3-9,13H,1-2,10-12H2. The van der Waals surface area contributed by atoms with Crippen LogP contribution in [0.25, 0.3) is 10.6 Å². The largest absolute Gasteiger partial charge is 0.455 e. The number of carbonyl (C=O) groups excluding carboxylic acids is 1. The van der Waals surface area contributed by atoms with Crippen LogP contribution in [-0.2, 0) is 11.3 Å². The predicted molar refractivity (Wildman–Crippen MR) is 102 cm³/mol. The van der Waals surface area contributed by atoms with Gasteiger partial charge in [-0.2, -0.15) is 0 Å². The SMILES string of the molecule is O=C(OCc1csc(-c2ccc(F)cc2)n1)c1cccnc1N1CCCC1. The van der Waals surface area contributed by atoms with Crippen LogP contribution in [-0.4, -0.2) is 29.0 Å². The van der Waals surface area contributed by atoms with Gasteiger partial charge in [0, 0.05) is 30.2 Å². The maximum absolute atomic E-state index is 13.0. The van der Waals surface area contributed by atoms with Crippen molar-refractivity contribution in [1.29, 1.82) is 0 Å². The van der Waals surface area contributed by atoms with Crippen LogP contribution < -0.4 is 4.90 Å². The Labute approximate surface area is 160 Å². The fourth-order valence-electron chi connectivity index (χ4n) is 3.05. The molecular weight excluding hydrogens is 365 g/mol. The van der Waals surface area contributed by atoms with E-state index in [0.717, 1.165) is 36.5 Å². The molecule has 4 rings (SSSR count). The Bertz CT molecular complexity index is 936. The molecule has 0 amide bonds. The smallest absolute Gasteiger partial charge is 0.342 e. The zero-order valence-electron chi connectivity index (χ0n) is 14.6. The van der Waals surface area contributed by atoms with Crippen molar-refractivity contribution in [2.75, 3.05) is 18.0 Å². The van der Waals surface area contributed by atoms with Gasteiger partial charge in [-0.3, -0.25) is 0 Å². The van der Waals surface area contributed by atoms with E-state index in [2.05, 4.69) is 14.9 Å². The number of aromatic nitrogens is 2. The summed E-state index contributed by atoms with van der Waals surface area (Å²) >= 11 is 1.43. The zero-order chi connectivity index (χ0) is 18.6. The first-order valence-electron chi connectivity index (χ1n) is 8.78. The number of ether oxygens (including phenoxy) is 1. The molecule has 1 fully saturated rings. The third-order valence-corrected chi connectivity index (χ3v) is 5.35. The first kappa shape index (κ1) is 17.6. The molecule has 5 nitrogen and oxygen atoms in total. The number of rotatable bonds is 5. The highest BCUT2D eigenvalue weighted by molar-refractivity contribution is 7.13. The molecule has 0 bridgehead atoms. The Kier molecular flexibility index (Phi) is 5.11. The van der Waals surface area contributed by atoms with Gasteiger partial charge in [-0.25, -0.2) is 19.2 Å². The number of esters is 1. The van der Waals surface area contributed by atoms with Crippen LogP contribution in [0.5, 0.6) is 0 Å². The second kappa shape index (κ2) is 7.84. The second-order valence-corrected chi connectivity index (χ2v) is 7.15. The minimum absolute atomic E-state index is 0.0882. The number of nitrogens with zero attached hydrogens (tertiary/aromatic N) is 3. The monoisotopic (exact) mass is 383 g/mol. The lowest BCUT2D eigenvalue weighted by molar-refractivity contribution is 0.0469. The topological polar surface area (TPSA) is 55.3 Å². The number of carbonyl (C=O) groups is 1. The highest BCUT2D eigenvalue weighted by atomic mass is 32.1. The van der Waals surface area contributed by atoms with Gasteiger partial charge in [-0.05, 0) is 49.2 Å². The molecule has 0 radical (unpaired) electrons. The summed E-state index contributed by atoms with van der Waals surface area (Å²) in [5.41, 5.74) is 1.98. The van der Waals surface area contributed by atoms with Gasteiger partial charge in [0.15, 0.2) is 0 Å². The molecule has 2 aromatic heterocycles. The van der Waals surface area contributed by atoms with Crippen molar-refractivity contribution in [3.8, 4) is 10.6 Å². The molecule has 0 aliphatic carbocycles. The number of halogens is 1. The van der Waals surface area contributed by atoms with E-state index in [-0.39, 0.29) is 12.4 Å². The summed E-state index contributed by atoms with van der Waals surface area (Å²) < 4.78 is 18.5. The minimum atomic E-state index is -0.402. The quantitative estimate of drug-likeness (QED) is 0.615. The van der Waals surface area contributed by atoms with E-state index >= 15 is 0 Å². The van der Waals surface area contributed by atoms with Gasteiger partial charge < -0.3 is 9.64 Å². The maximum atomic E-state index is 13.0. The molecule has 3 heterocycles. The van der Waals surface area contributed by atoms with Gasteiger partial charge >= 0.3 is 5.97 Å². The van der Waals surface area contributed by atoms with Crippen LogP contribution in [0.15, 0.2) is 48.0 Å². The molecule has 7 heteroatoms. The fraction of sp³-hybridized carbons (Fsp3) is 0.250. The number of hydrogen-bond acceptors (Lipinski definition) is 6. The fourth-order valence-corrected chi connectivity index (χ4v) is 3.86. The van der Waals surface area contributed by atoms with E-state index in [1.54, 1.807) is 30.5 Å². The number of thiazole rings is 1. The third kappa shape index (κ3) is 3.98. The van der Waals surface area contributed by atoms with E-state index in [1.807, 2.05) is 5.38 Å². The summed E-state index contributed by atoms with van der Waals surface area (Å²) in [6.45, 7) is 1.90. The van der Waals surface area contributed by atoms with Crippen molar-refractivity contribution in [3.63, 3.8) is 0 Å². The van der Waals surface area contributed by atoms with Crippen LogP contribution in [0.2, 0.25) is 0 Å². The van der Waals surface area contributed by atoms with Crippen molar-refractivity contribution in [1.82, 2.24) is 9.97 Å². The average molecular weight is 383 g/mol. The summed E-state index contributed by atoms with van der Waals surface area (Å²) in [5.74, 6) is 0.00125. The summed E-state index contributed by atoms with van der Waals surface area (Å²) in [6, 6.07) is 9.65. The molecule has 3 aromatic rings. The predicted octanol–water partition coefficient (Wildman–Crippen LogP) is 4.30. The van der Waals surface area contributed by atoms with Gasteiger partial charge in [-0.1, -0.05) is 0 Å². The van der Waals surface area contributed by atoms with E-state index in [4.69, 9.17) is 4.74 Å². The molecule has 0 N–H and O–H groups in total. The van der Waals surface area contributed by atoms with Gasteiger partial charge in [0.25, 0.3) is 0 Å². The molecule has 1 saturated heterocycles. The maximum Gasteiger partial charge on any atom is 0.342 e. The molecule has 27 heavy (non-hydrogen) atoms. The highest BCUT2D eigenvalue weighted by Gasteiger charge is 2.21. The van der Waals surface area contributed by atoms with E-state index < -0.39 is 5.97 Å². The van der Waals surface area contributed by atoms with Gasteiger partial charge in [0.2, 0.25) is 0 Å².